The Labute approximate surface area is 175 Å². The molecule has 30 heavy (non-hydrogen) atoms. The molecule has 2 N–H and O–H groups in total. The van der Waals surface area contributed by atoms with E-state index in [4.69, 9.17) is 9.47 Å². The van der Waals surface area contributed by atoms with Gasteiger partial charge in [-0.05, 0) is 23.8 Å². The number of aromatic carboxylic acids is 1. The molecular weight excluding hydrogens is 409 g/mol. The molecule has 0 saturated carbocycles. The number of rotatable bonds is 5. The maximum atomic E-state index is 13.4. The molecule has 0 spiro atoms. The van der Waals surface area contributed by atoms with Gasteiger partial charge in [0.2, 0.25) is 5.91 Å². The molecule has 0 unspecified atom stereocenters. The Morgan fingerprint density at radius 2 is 1.90 bits per heavy atom. The Hall–Kier alpha value is -3.39. The van der Waals surface area contributed by atoms with Crippen molar-refractivity contribution < 1.29 is 28.6 Å². The monoisotopic (exact) mass is 427 g/mol. The number of carboxylic acid groups (broad SMARTS) is 1. The van der Waals surface area contributed by atoms with Crippen molar-refractivity contribution in [1.82, 2.24) is 0 Å². The first kappa shape index (κ1) is 19.9. The van der Waals surface area contributed by atoms with Gasteiger partial charge in [-0.15, -0.1) is 11.3 Å². The highest BCUT2D eigenvalue weighted by atomic mass is 32.1. The zero-order valence-corrected chi connectivity index (χ0v) is 17.0. The molecule has 154 valence electrons. The lowest BCUT2D eigenvalue weighted by molar-refractivity contribution is -0.116. The third-order valence-electron chi connectivity index (χ3n) is 5.04. The molecule has 0 aliphatic carbocycles. The second-order valence-electron chi connectivity index (χ2n) is 6.75. The van der Waals surface area contributed by atoms with E-state index in [1.807, 2.05) is 6.07 Å². The smallest absolute Gasteiger partial charge is 0.346 e. The van der Waals surface area contributed by atoms with E-state index in [1.165, 1.54) is 38.5 Å². The molecule has 2 aromatic carbocycles. The first-order valence-electron chi connectivity index (χ1n) is 9.11. The predicted molar refractivity (Wildman–Crippen MR) is 111 cm³/mol. The van der Waals surface area contributed by atoms with Crippen LogP contribution in [0.3, 0.4) is 0 Å². The number of halogens is 1. The molecule has 1 aromatic heterocycles. The maximum absolute atomic E-state index is 13.4. The number of anilines is 1. The highest BCUT2D eigenvalue weighted by Gasteiger charge is 2.36. The summed E-state index contributed by atoms with van der Waals surface area (Å²) in [6.45, 7) is 0. The van der Waals surface area contributed by atoms with E-state index in [0.717, 1.165) is 16.9 Å². The van der Waals surface area contributed by atoms with Crippen molar-refractivity contribution in [3.05, 3.63) is 63.6 Å². The van der Waals surface area contributed by atoms with Gasteiger partial charge in [0.1, 0.15) is 10.7 Å². The van der Waals surface area contributed by atoms with Gasteiger partial charge in [0, 0.05) is 28.3 Å². The highest BCUT2D eigenvalue weighted by Crippen LogP contribution is 2.51. The Bertz CT molecular complexity index is 1140. The molecule has 3 aromatic rings. The first-order valence-corrected chi connectivity index (χ1v) is 9.92. The Kier molecular flexibility index (Phi) is 5.17. The van der Waals surface area contributed by atoms with Crippen molar-refractivity contribution in [1.29, 1.82) is 0 Å². The molecule has 0 fully saturated rings. The number of thiophene rings is 1. The fourth-order valence-electron chi connectivity index (χ4n) is 3.77. The standard InChI is InChI=1S/C22H18FNO5S/c1-28-15-5-3-4-13(19(15)29-2)14-10-16(25)24-18-17(11-6-8-12(23)9-7-11)21(22(26)27)30-20(14)18/h3-9,14H,10H2,1-2H3,(H,24,25)(H,26,27)/t14-/m0/s1. The average molecular weight is 427 g/mol. The molecule has 1 aliphatic rings. The number of carbonyl (C=O) groups excluding carboxylic acids is 1. The molecular formula is C22H18FNO5S. The van der Waals surface area contributed by atoms with Crippen molar-refractivity contribution >= 4 is 28.9 Å². The van der Waals surface area contributed by atoms with Crippen LogP contribution in [0.1, 0.15) is 32.5 Å². The van der Waals surface area contributed by atoms with Gasteiger partial charge < -0.3 is 19.9 Å². The summed E-state index contributed by atoms with van der Waals surface area (Å²) in [5.41, 5.74) is 2.07. The predicted octanol–water partition coefficient (Wildman–Crippen LogP) is 4.74. The second kappa shape index (κ2) is 7.79. The van der Waals surface area contributed by atoms with Crippen molar-refractivity contribution in [2.45, 2.75) is 12.3 Å². The number of methoxy groups -OCH3 is 2. The van der Waals surface area contributed by atoms with Crippen molar-refractivity contribution in [3.63, 3.8) is 0 Å². The van der Waals surface area contributed by atoms with Crippen LogP contribution >= 0.6 is 11.3 Å². The van der Waals surface area contributed by atoms with E-state index in [9.17, 15) is 19.1 Å². The van der Waals surface area contributed by atoms with Crippen LogP contribution in [0.4, 0.5) is 10.1 Å². The number of carbonyl (C=O) groups is 2. The van der Waals surface area contributed by atoms with Crippen LogP contribution in [0.25, 0.3) is 11.1 Å². The number of fused-ring (bicyclic) bond motifs is 1. The van der Waals surface area contributed by atoms with E-state index < -0.39 is 17.7 Å². The molecule has 1 amide bonds. The molecule has 0 saturated heterocycles. The SMILES string of the molecule is COc1cccc([C@@H]2CC(=O)Nc3c2sc(C(=O)O)c3-c2ccc(F)cc2)c1OC. The number of para-hydroxylation sites is 1. The van der Waals surface area contributed by atoms with Crippen LogP contribution < -0.4 is 14.8 Å². The molecule has 1 aliphatic heterocycles. The summed E-state index contributed by atoms with van der Waals surface area (Å²) in [6, 6.07) is 10.9. The van der Waals surface area contributed by atoms with Crippen molar-refractivity contribution in [2.24, 2.45) is 0 Å². The van der Waals surface area contributed by atoms with Gasteiger partial charge in [0.05, 0.1) is 19.9 Å². The maximum Gasteiger partial charge on any atom is 0.346 e. The zero-order chi connectivity index (χ0) is 21.4. The highest BCUT2D eigenvalue weighted by molar-refractivity contribution is 7.15. The van der Waals surface area contributed by atoms with Crippen LogP contribution in [0, 0.1) is 5.82 Å². The van der Waals surface area contributed by atoms with Gasteiger partial charge in [-0.1, -0.05) is 24.3 Å². The fraction of sp³-hybridized carbons (Fsp3) is 0.182. The average Bonchev–Trinajstić information content (AvgIpc) is 3.12. The fourth-order valence-corrected chi connectivity index (χ4v) is 5.00. The summed E-state index contributed by atoms with van der Waals surface area (Å²) in [6.07, 6.45) is 0.138. The Balaban J connectivity index is 1.95. The number of carboxylic acids is 1. The summed E-state index contributed by atoms with van der Waals surface area (Å²) < 4.78 is 24.3. The number of amides is 1. The molecule has 0 bridgehead atoms. The third kappa shape index (κ3) is 3.29. The van der Waals surface area contributed by atoms with Gasteiger partial charge >= 0.3 is 5.97 Å². The zero-order valence-electron chi connectivity index (χ0n) is 16.2. The number of benzene rings is 2. The minimum atomic E-state index is -1.11. The number of ether oxygens (including phenoxy) is 2. The van der Waals surface area contributed by atoms with Crippen molar-refractivity contribution in [3.8, 4) is 22.6 Å². The topological polar surface area (TPSA) is 84.9 Å². The van der Waals surface area contributed by atoms with Crippen LogP contribution in [-0.2, 0) is 4.79 Å². The molecule has 0 radical (unpaired) electrons. The summed E-state index contributed by atoms with van der Waals surface area (Å²) in [5, 5.41) is 12.6. The summed E-state index contributed by atoms with van der Waals surface area (Å²) in [5.74, 6) is -1.16. The van der Waals surface area contributed by atoms with Gasteiger partial charge in [0.15, 0.2) is 11.5 Å². The minimum absolute atomic E-state index is 0.0840. The van der Waals surface area contributed by atoms with E-state index in [2.05, 4.69) is 5.32 Å². The quantitative estimate of drug-likeness (QED) is 0.614. The largest absolute Gasteiger partial charge is 0.493 e. The summed E-state index contributed by atoms with van der Waals surface area (Å²) in [4.78, 5) is 25.4. The summed E-state index contributed by atoms with van der Waals surface area (Å²) >= 11 is 1.10. The number of hydrogen-bond acceptors (Lipinski definition) is 5. The lowest BCUT2D eigenvalue weighted by atomic mass is 9.88. The lowest BCUT2D eigenvalue weighted by Gasteiger charge is -2.25. The Morgan fingerprint density at radius 1 is 1.17 bits per heavy atom. The van der Waals surface area contributed by atoms with E-state index in [0.29, 0.717) is 33.2 Å². The Morgan fingerprint density at radius 3 is 2.53 bits per heavy atom. The molecule has 8 heteroatoms. The third-order valence-corrected chi connectivity index (χ3v) is 6.33. The molecule has 1 atom stereocenters. The van der Waals surface area contributed by atoms with Gasteiger partial charge in [-0.25, -0.2) is 9.18 Å². The normalized spacial score (nSPS) is 15.3. The van der Waals surface area contributed by atoms with Gasteiger partial charge in [-0.3, -0.25) is 4.79 Å². The van der Waals surface area contributed by atoms with Crippen LogP contribution in [-0.4, -0.2) is 31.2 Å². The second-order valence-corrected chi connectivity index (χ2v) is 7.80. The van der Waals surface area contributed by atoms with Gasteiger partial charge in [0.25, 0.3) is 0 Å². The van der Waals surface area contributed by atoms with Gasteiger partial charge in [-0.2, -0.15) is 0 Å². The summed E-state index contributed by atoms with van der Waals surface area (Å²) in [7, 11) is 3.05. The number of nitrogens with one attached hydrogen (secondary N) is 1. The van der Waals surface area contributed by atoms with Crippen LogP contribution in [0.15, 0.2) is 42.5 Å². The van der Waals surface area contributed by atoms with Crippen LogP contribution in [0.5, 0.6) is 11.5 Å². The number of hydrogen-bond donors (Lipinski definition) is 2. The molecule has 6 nitrogen and oxygen atoms in total. The molecule has 4 rings (SSSR count). The van der Waals surface area contributed by atoms with E-state index in [-0.39, 0.29) is 17.2 Å². The lowest BCUT2D eigenvalue weighted by Crippen LogP contribution is -2.22. The minimum Gasteiger partial charge on any atom is -0.493 e. The molecule has 2 heterocycles. The van der Waals surface area contributed by atoms with E-state index in [1.54, 1.807) is 12.1 Å². The van der Waals surface area contributed by atoms with Crippen LogP contribution in [0.2, 0.25) is 0 Å². The van der Waals surface area contributed by atoms with E-state index >= 15 is 0 Å². The van der Waals surface area contributed by atoms with Crippen molar-refractivity contribution in [2.75, 3.05) is 19.5 Å². The first-order chi connectivity index (χ1) is 14.4.